The van der Waals surface area contributed by atoms with Gasteiger partial charge in [-0.25, -0.2) is 0 Å². The van der Waals surface area contributed by atoms with Gasteiger partial charge in [-0.05, 0) is 0 Å². The molecule has 4 nitrogen and oxygen atoms in total. The molecule has 0 aliphatic carbocycles. The maximum Gasteiger partial charge on any atom is 0.430 e. The largest absolute Gasteiger partial charge is 0.430 e. The van der Waals surface area contributed by atoms with Gasteiger partial charge < -0.3 is 19.7 Å². The summed E-state index contributed by atoms with van der Waals surface area (Å²) in [6, 6.07) is -1.10. The Balaban J connectivity index is 0.0000102. The number of hydrogen-bond donors (Lipinski definition) is 2. The Hall–Kier alpha value is -1.78. The Morgan fingerprint density at radius 2 is 0.727 bits per heavy atom. The molecule has 0 bridgehead atoms. The number of rotatable bonds is 8. The van der Waals surface area contributed by atoms with Crippen molar-refractivity contribution in [1.82, 2.24) is 0 Å². The van der Waals surface area contributed by atoms with Gasteiger partial charge in [0, 0.05) is 11.1 Å². The second kappa shape index (κ2) is 10.2. The number of ether oxygens (including phenoxy) is 2. The summed E-state index contributed by atoms with van der Waals surface area (Å²) < 4.78 is 169. The Morgan fingerprint density at radius 1 is 0.515 bits per heavy atom. The van der Waals surface area contributed by atoms with E-state index in [1.165, 1.54) is 0 Å². The predicted octanol–water partition coefficient (Wildman–Crippen LogP) is 4.98. The van der Waals surface area contributed by atoms with Gasteiger partial charge in [-0.2, -0.15) is 52.7 Å². The van der Waals surface area contributed by atoms with Crippen molar-refractivity contribution in [2.75, 3.05) is 26.4 Å². The highest BCUT2D eigenvalue weighted by molar-refractivity contribution is 5.35. The first-order chi connectivity index (χ1) is 14.3. The van der Waals surface area contributed by atoms with Crippen LogP contribution < -0.4 is 0 Å². The molecular weight excluding hydrogens is 496 g/mol. The van der Waals surface area contributed by atoms with Crippen molar-refractivity contribution in [2.45, 2.75) is 43.3 Å². The zero-order valence-electron chi connectivity index (χ0n) is 15.4. The Labute approximate surface area is 178 Å². The molecule has 0 saturated carbocycles. The lowest BCUT2D eigenvalue weighted by Crippen LogP contribution is -2.57. The van der Waals surface area contributed by atoms with Gasteiger partial charge in [-0.3, -0.25) is 0 Å². The van der Waals surface area contributed by atoms with Crippen LogP contribution in [0.5, 0.6) is 0 Å². The second-order valence-electron chi connectivity index (χ2n) is 6.07. The standard InChI is InChI=1S/C16H14F12O4.CH4/c17-13(18,19)11(14(20,21)22,31-7-5-29)9-1-2-10(4-3-9)12(15(23,24)25,16(26,27)28)32-8-6-30;/h1-4,29-30H,5-8H2;1H4. The number of aliphatic hydroxyl groups is 2. The molecule has 194 valence electrons. The zero-order chi connectivity index (χ0) is 25.2. The van der Waals surface area contributed by atoms with Crippen molar-refractivity contribution < 1.29 is 72.4 Å². The van der Waals surface area contributed by atoms with Crippen molar-refractivity contribution in [3.8, 4) is 0 Å². The van der Waals surface area contributed by atoms with E-state index in [0.29, 0.717) is 0 Å². The van der Waals surface area contributed by atoms with E-state index in [9.17, 15) is 52.7 Å². The van der Waals surface area contributed by atoms with Gasteiger partial charge >= 0.3 is 24.7 Å². The summed E-state index contributed by atoms with van der Waals surface area (Å²) in [5.74, 6) is 0. The lowest BCUT2D eigenvalue weighted by Gasteiger charge is -2.39. The van der Waals surface area contributed by atoms with E-state index < -0.39 is 73.5 Å². The molecule has 0 fully saturated rings. The molecule has 0 amide bonds. The molecule has 0 heterocycles. The fraction of sp³-hybridized carbons (Fsp3) is 0.647. The number of halogens is 12. The lowest BCUT2D eigenvalue weighted by atomic mass is 9.86. The highest BCUT2D eigenvalue weighted by Gasteiger charge is 2.75. The van der Waals surface area contributed by atoms with E-state index in [0.717, 1.165) is 0 Å². The molecule has 0 aromatic heterocycles. The number of benzene rings is 1. The Morgan fingerprint density at radius 3 is 0.879 bits per heavy atom. The number of hydrogen-bond acceptors (Lipinski definition) is 4. The molecular formula is C17H18F12O4. The topological polar surface area (TPSA) is 58.9 Å². The summed E-state index contributed by atoms with van der Waals surface area (Å²) in [7, 11) is 0. The van der Waals surface area contributed by atoms with Gasteiger partial charge in [0.15, 0.2) is 0 Å². The summed E-state index contributed by atoms with van der Waals surface area (Å²) in [5.41, 5.74) is -14.1. The maximum atomic E-state index is 13.4. The fourth-order valence-corrected chi connectivity index (χ4v) is 2.81. The first-order valence-corrected chi connectivity index (χ1v) is 8.21. The second-order valence-corrected chi connectivity index (χ2v) is 6.07. The molecule has 1 aromatic carbocycles. The van der Waals surface area contributed by atoms with Gasteiger partial charge in [0.2, 0.25) is 0 Å². The normalized spacial score (nSPS) is 14.2. The predicted molar refractivity (Wildman–Crippen MR) is 86.8 cm³/mol. The van der Waals surface area contributed by atoms with E-state index in [1.807, 2.05) is 0 Å². The quantitative estimate of drug-likeness (QED) is 0.481. The summed E-state index contributed by atoms with van der Waals surface area (Å²) in [5, 5.41) is 17.1. The molecule has 0 aliphatic rings. The molecule has 0 radical (unpaired) electrons. The smallest absolute Gasteiger partial charge is 0.394 e. The van der Waals surface area contributed by atoms with Crippen molar-refractivity contribution in [3.05, 3.63) is 35.4 Å². The molecule has 0 aliphatic heterocycles. The summed E-state index contributed by atoms with van der Waals surface area (Å²) in [6.45, 7) is -5.66. The van der Waals surface area contributed by atoms with Crippen LogP contribution >= 0.6 is 0 Å². The van der Waals surface area contributed by atoms with Crippen LogP contribution in [0.2, 0.25) is 0 Å². The molecule has 1 rings (SSSR count). The lowest BCUT2D eigenvalue weighted by molar-refractivity contribution is -0.392. The summed E-state index contributed by atoms with van der Waals surface area (Å²) in [6.07, 6.45) is -25.1. The Bertz CT molecular complexity index is 644. The minimum Gasteiger partial charge on any atom is -0.394 e. The van der Waals surface area contributed by atoms with Crippen LogP contribution in [-0.2, 0) is 20.7 Å². The van der Waals surface area contributed by atoms with Crippen molar-refractivity contribution in [1.29, 1.82) is 0 Å². The summed E-state index contributed by atoms with van der Waals surface area (Å²) >= 11 is 0. The molecule has 2 N–H and O–H groups in total. The molecule has 1 aromatic rings. The molecule has 0 spiro atoms. The summed E-state index contributed by atoms with van der Waals surface area (Å²) in [4.78, 5) is 0. The Kier molecular flexibility index (Phi) is 9.68. The van der Waals surface area contributed by atoms with E-state index in [1.54, 1.807) is 0 Å². The van der Waals surface area contributed by atoms with E-state index >= 15 is 0 Å². The maximum absolute atomic E-state index is 13.4. The molecule has 0 atom stereocenters. The molecule has 33 heavy (non-hydrogen) atoms. The van der Waals surface area contributed by atoms with Crippen molar-refractivity contribution in [2.24, 2.45) is 0 Å². The molecule has 0 unspecified atom stereocenters. The van der Waals surface area contributed by atoms with Crippen LogP contribution in [0.1, 0.15) is 18.6 Å². The molecule has 16 heteroatoms. The minimum absolute atomic E-state index is 0. The average molecular weight is 514 g/mol. The third-order valence-electron chi connectivity index (χ3n) is 4.11. The van der Waals surface area contributed by atoms with Crippen LogP contribution in [0.25, 0.3) is 0 Å². The average Bonchev–Trinajstić information content (AvgIpc) is 2.59. The first kappa shape index (κ1) is 31.2. The minimum atomic E-state index is -6.28. The SMILES string of the molecule is C.OCCOC(c1ccc(C(OCCO)(C(F)(F)F)C(F)(F)F)cc1)(C(F)(F)F)C(F)(F)F. The number of aliphatic hydroxyl groups excluding tert-OH is 2. The van der Waals surface area contributed by atoms with Crippen LogP contribution in [0, 0.1) is 0 Å². The van der Waals surface area contributed by atoms with Gasteiger partial charge in [0.1, 0.15) is 0 Å². The van der Waals surface area contributed by atoms with E-state index in [2.05, 4.69) is 9.47 Å². The molecule has 0 saturated heterocycles. The van der Waals surface area contributed by atoms with Gasteiger partial charge in [-0.1, -0.05) is 31.7 Å². The monoisotopic (exact) mass is 514 g/mol. The van der Waals surface area contributed by atoms with Crippen LogP contribution in [0.3, 0.4) is 0 Å². The van der Waals surface area contributed by atoms with Crippen LogP contribution in [0.15, 0.2) is 24.3 Å². The highest BCUT2D eigenvalue weighted by Crippen LogP contribution is 2.55. The third kappa shape index (κ3) is 5.49. The van der Waals surface area contributed by atoms with Crippen LogP contribution in [0.4, 0.5) is 52.7 Å². The fourth-order valence-electron chi connectivity index (χ4n) is 2.81. The first-order valence-electron chi connectivity index (χ1n) is 8.21. The van der Waals surface area contributed by atoms with Crippen molar-refractivity contribution in [3.63, 3.8) is 0 Å². The van der Waals surface area contributed by atoms with E-state index in [4.69, 9.17) is 10.2 Å². The zero-order valence-corrected chi connectivity index (χ0v) is 15.4. The van der Waals surface area contributed by atoms with Gasteiger partial charge in [0.25, 0.3) is 11.2 Å². The number of alkyl halides is 12. The highest BCUT2D eigenvalue weighted by atomic mass is 19.4. The van der Waals surface area contributed by atoms with Gasteiger partial charge in [-0.15, -0.1) is 0 Å². The third-order valence-corrected chi connectivity index (χ3v) is 4.11. The van der Waals surface area contributed by atoms with Crippen LogP contribution in [-0.4, -0.2) is 61.3 Å². The van der Waals surface area contributed by atoms with Gasteiger partial charge in [0.05, 0.1) is 26.4 Å². The van der Waals surface area contributed by atoms with Crippen molar-refractivity contribution >= 4 is 0 Å². The van der Waals surface area contributed by atoms with E-state index in [-0.39, 0.29) is 31.7 Å².